The zero-order valence-corrected chi connectivity index (χ0v) is 11.0. The standard InChI is InChI=1S/C15H24O/c1-5-15(4,11-16)10-13-6-8-14(9-7-13)12(2)3/h6-9,12,16H,5,10-11H2,1-4H3. The van der Waals surface area contributed by atoms with Crippen LogP contribution in [0, 0.1) is 5.41 Å². The van der Waals surface area contributed by atoms with E-state index in [-0.39, 0.29) is 12.0 Å². The summed E-state index contributed by atoms with van der Waals surface area (Å²) in [7, 11) is 0. The molecule has 1 unspecified atom stereocenters. The first kappa shape index (κ1) is 13.2. The van der Waals surface area contributed by atoms with Gasteiger partial charge in [0.25, 0.3) is 0 Å². The summed E-state index contributed by atoms with van der Waals surface area (Å²) in [6, 6.07) is 8.79. The highest BCUT2D eigenvalue weighted by Crippen LogP contribution is 2.26. The lowest BCUT2D eigenvalue weighted by Gasteiger charge is -2.25. The first-order valence-corrected chi connectivity index (χ1v) is 6.20. The lowest BCUT2D eigenvalue weighted by Crippen LogP contribution is -2.23. The van der Waals surface area contributed by atoms with Gasteiger partial charge in [0.15, 0.2) is 0 Å². The predicted molar refractivity (Wildman–Crippen MR) is 69.7 cm³/mol. The quantitative estimate of drug-likeness (QED) is 0.801. The van der Waals surface area contributed by atoms with Crippen LogP contribution in [-0.2, 0) is 6.42 Å². The second kappa shape index (κ2) is 5.49. The molecule has 1 aromatic carbocycles. The van der Waals surface area contributed by atoms with E-state index in [4.69, 9.17) is 0 Å². The lowest BCUT2D eigenvalue weighted by molar-refractivity contribution is 0.138. The Morgan fingerprint density at radius 3 is 2.12 bits per heavy atom. The van der Waals surface area contributed by atoms with Crippen molar-refractivity contribution in [3.63, 3.8) is 0 Å². The highest BCUT2D eigenvalue weighted by atomic mass is 16.3. The molecular formula is C15H24O. The number of aliphatic hydroxyl groups excluding tert-OH is 1. The van der Waals surface area contributed by atoms with Gasteiger partial charge in [-0.05, 0) is 35.3 Å². The molecule has 0 aromatic heterocycles. The molecule has 1 atom stereocenters. The maximum Gasteiger partial charge on any atom is 0.0487 e. The van der Waals surface area contributed by atoms with E-state index in [1.165, 1.54) is 11.1 Å². The summed E-state index contributed by atoms with van der Waals surface area (Å²) < 4.78 is 0. The van der Waals surface area contributed by atoms with Crippen LogP contribution in [0.1, 0.15) is 51.2 Å². The fourth-order valence-corrected chi connectivity index (χ4v) is 1.81. The van der Waals surface area contributed by atoms with E-state index in [1.54, 1.807) is 0 Å². The molecule has 0 saturated heterocycles. The number of hydrogen-bond donors (Lipinski definition) is 1. The van der Waals surface area contributed by atoms with E-state index in [2.05, 4.69) is 52.0 Å². The van der Waals surface area contributed by atoms with Crippen LogP contribution in [0.5, 0.6) is 0 Å². The Balaban J connectivity index is 2.75. The molecule has 0 amide bonds. The monoisotopic (exact) mass is 220 g/mol. The molecule has 0 aliphatic heterocycles. The number of rotatable bonds is 5. The molecule has 0 saturated carbocycles. The van der Waals surface area contributed by atoms with Crippen molar-refractivity contribution in [2.24, 2.45) is 5.41 Å². The fourth-order valence-electron chi connectivity index (χ4n) is 1.81. The summed E-state index contributed by atoms with van der Waals surface area (Å²) in [6.45, 7) is 8.95. The predicted octanol–water partition coefficient (Wildman–Crippen LogP) is 3.76. The molecule has 1 N–H and O–H groups in total. The molecular weight excluding hydrogens is 196 g/mol. The highest BCUT2D eigenvalue weighted by Gasteiger charge is 2.21. The van der Waals surface area contributed by atoms with E-state index in [1.807, 2.05) is 0 Å². The molecule has 0 radical (unpaired) electrons. The van der Waals surface area contributed by atoms with Gasteiger partial charge in [-0.3, -0.25) is 0 Å². The number of aliphatic hydroxyl groups is 1. The van der Waals surface area contributed by atoms with Gasteiger partial charge >= 0.3 is 0 Å². The van der Waals surface area contributed by atoms with Crippen LogP contribution in [0.15, 0.2) is 24.3 Å². The zero-order valence-electron chi connectivity index (χ0n) is 11.0. The van der Waals surface area contributed by atoms with Crippen molar-refractivity contribution in [3.8, 4) is 0 Å². The van der Waals surface area contributed by atoms with Gasteiger partial charge in [0, 0.05) is 6.61 Å². The SMILES string of the molecule is CCC(C)(CO)Cc1ccc(C(C)C)cc1. The van der Waals surface area contributed by atoms with Crippen molar-refractivity contribution in [2.75, 3.05) is 6.61 Å². The molecule has 1 nitrogen and oxygen atoms in total. The average Bonchev–Trinajstić information content (AvgIpc) is 2.29. The van der Waals surface area contributed by atoms with Gasteiger partial charge in [0.05, 0.1) is 0 Å². The van der Waals surface area contributed by atoms with Crippen LogP contribution in [0.2, 0.25) is 0 Å². The van der Waals surface area contributed by atoms with E-state index in [0.717, 1.165) is 12.8 Å². The molecule has 0 aliphatic rings. The summed E-state index contributed by atoms with van der Waals surface area (Å²) in [6.07, 6.45) is 1.97. The lowest BCUT2D eigenvalue weighted by atomic mass is 9.82. The Morgan fingerprint density at radius 2 is 1.75 bits per heavy atom. The number of benzene rings is 1. The summed E-state index contributed by atoms with van der Waals surface area (Å²) in [5, 5.41) is 9.39. The molecule has 0 heterocycles. The molecule has 0 fully saturated rings. The average molecular weight is 220 g/mol. The minimum atomic E-state index is 0.0271. The van der Waals surface area contributed by atoms with Gasteiger partial charge in [-0.15, -0.1) is 0 Å². The number of hydrogen-bond acceptors (Lipinski definition) is 1. The molecule has 1 rings (SSSR count). The van der Waals surface area contributed by atoms with Gasteiger partial charge in [-0.2, -0.15) is 0 Å². The topological polar surface area (TPSA) is 20.2 Å². The Bertz CT molecular complexity index is 307. The summed E-state index contributed by atoms with van der Waals surface area (Å²) >= 11 is 0. The summed E-state index contributed by atoms with van der Waals surface area (Å²) in [5.41, 5.74) is 2.73. The van der Waals surface area contributed by atoms with E-state index >= 15 is 0 Å². The smallest absolute Gasteiger partial charge is 0.0487 e. The van der Waals surface area contributed by atoms with Crippen LogP contribution in [0.4, 0.5) is 0 Å². The van der Waals surface area contributed by atoms with Crippen molar-refractivity contribution in [3.05, 3.63) is 35.4 Å². The van der Waals surface area contributed by atoms with Crippen molar-refractivity contribution in [2.45, 2.75) is 46.5 Å². The maximum absolute atomic E-state index is 9.39. The Hall–Kier alpha value is -0.820. The van der Waals surface area contributed by atoms with Gasteiger partial charge in [-0.1, -0.05) is 52.0 Å². The van der Waals surface area contributed by atoms with Gasteiger partial charge in [-0.25, -0.2) is 0 Å². The molecule has 16 heavy (non-hydrogen) atoms. The van der Waals surface area contributed by atoms with Gasteiger partial charge in [0.1, 0.15) is 0 Å². The third-order valence-electron chi connectivity index (χ3n) is 3.51. The second-order valence-electron chi connectivity index (χ2n) is 5.40. The first-order valence-electron chi connectivity index (χ1n) is 6.20. The highest BCUT2D eigenvalue weighted by molar-refractivity contribution is 5.25. The van der Waals surface area contributed by atoms with Crippen molar-refractivity contribution in [1.29, 1.82) is 0 Å². The molecule has 90 valence electrons. The van der Waals surface area contributed by atoms with Crippen LogP contribution in [-0.4, -0.2) is 11.7 Å². The Kier molecular flexibility index (Phi) is 4.55. The molecule has 1 heteroatoms. The minimum Gasteiger partial charge on any atom is -0.396 e. The fraction of sp³-hybridized carbons (Fsp3) is 0.600. The van der Waals surface area contributed by atoms with Crippen LogP contribution < -0.4 is 0 Å². The molecule has 0 bridgehead atoms. The van der Waals surface area contributed by atoms with E-state index in [9.17, 15) is 5.11 Å². The van der Waals surface area contributed by atoms with Gasteiger partial charge in [0.2, 0.25) is 0 Å². The zero-order chi connectivity index (χ0) is 12.2. The van der Waals surface area contributed by atoms with Crippen molar-refractivity contribution < 1.29 is 5.11 Å². The second-order valence-corrected chi connectivity index (χ2v) is 5.40. The molecule has 1 aromatic rings. The van der Waals surface area contributed by atoms with Crippen LogP contribution >= 0.6 is 0 Å². The van der Waals surface area contributed by atoms with Crippen molar-refractivity contribution in [1.82, 2.24) is 0 Å². The Labute approximate surface area is 99.5 Å². The summed E-state index contributed by atoms with van der Waals surface area (Å²) in [5.74, 6) is 0.587. The molecule has 0 aliphatic carbocycles. The third-order valence-corrected chi connectivity index (χ3v) is 3.51. The van der Waals surface area contributed by atoms with Crippen molar-refractivity contribution >= 4 is 0 Å². The summed E-state index contributed by atoms with van der Waals surface area (Å²) in [4.78, 5) is 0. The Morgan fingerprint density at radius 1 is 1.19 bits per heavy atom. The van der Waals surface area contributed by atoms with Crippen LogP contribution in [0.25, 0.3) is 0 Å². The maximum atomic E-state index is 9.39. The van der Waals surface area contributed by atoms with E-state index < -0.39 is 0 Å². The molecule has 0 spiro atoms. The minimum absolute atomic E-state index is 0.0271. The largest absolute Gasteiger partial charge is 0.396 e. The normalized spacial score (nSPS) is 15.1. The van der Waals surface area contributed by atoms with Crippen LogP contribution in [0.3, 0.4) is 0 Å². The van der Waals surface area contributed by atoms with Gasteiger partial charge < -0.3 is 5.11 Å². The first-order chi connectivity index (χ1) is 7.50. The van der Waals surface area contributed by atoms with E-state index in [0.29, 0.717) is 5.92 Å². The third kappa shape index (κ3) is 3.34.